The number of esters is 1. The Bertz CT molecular complexity index is 424. The van der Waals surface area contributed by atoms with Crippen LogP contribution in [0.1, 0.15) is 45.1 Å². The lowest BCUT2D eigenvalue weighted by atomic mass is 9.73. The van der Waals surface area contributed by atoms with E-state index in [0.717, 1.165) is 44.3 Å². The molecule has 0 bridgehead atoms. The van der Waals surface area contributed by atoms with Crippen LogP contribution in [0.2, 0.25) is 0 Å². The predicted octanol–water partition coefficient (Wildman–Crippen LogP) is 3.04. The minimum atomic E-state index is -0.464. The number of ether oxygens (including phenoxy) is 1. The van der Waals surface area contributed by atoms with Gasteiger partial charge < -0.3 is 10.1 Å². The van der Waals surface area contributed by atoms with Crippen LogP contribution in [0, 0.1) is 0 Å². The fraction of sp³-hybridized carbons (Fsp3) is 0.588. The molecule has 1 atom stereocenters. The molecule has 1 N–H and O–H groups in total. The second kappa shape index (κ2) is 6.89. The van der Waals surface area contributed by atoms with E-state index in [4.69, 9.17) is 4.74 Å². The summed E-state index contributed by atoms with van der Waals surface area (Å²) < 4.78 is 5.72. The Hall–Kier alpha value is -1.35. The molecule has 1 aromatic carbocycles. The SMILES string of the molecule is CCCC(C)OC(=O)C1(c2ccccc2)CCNCC1. The Morgan fingerprint density at radius 3 is 2.55 bits per heavy atom. The lowest BCUT2D eigenvalue weighted by Gasteiger charge is -2.36. The molecule has 0 aliphatic carbocycles. The summed E-state index contributed by atoms with van der Waals surface area (Å²) in [5, 5.41) is 3.33. The maximum atomic E-state index is 12.8. The summed E-state index contributed by atoms with van der Waals surface area (Å²) in [7, 11) is 0. The molecule has 1 heterocycles. The second-order valence-corrected chi connectivity index (χ2v) is 5.70. The van der Waals surface area contributed by atoms with Gasteiger partial charge in [0.1, 0.15) is 0 Å². The van der Waals surface area contributed by atoms with Gasteiger partial charge in [0.05, 0.1) is 11.5 Å². The van der Waals surface area contributed by atoms with Crippen LogP contribution in [0.3, 0.4) is 0 Å². The van der Waals surface area contributed by atoms with E-state index in [-0.39, 0.29) is 12.1 Å². The van der Waals surface area contributed by atoms with Gasteiger partial charge in [-0.2, -0.15) is 0 Å². The summed E-state index contributed by atoms with van der Waals surface area (Å²) in [6, 6.07) is 10.1. The molecule has 0 spiro atoms. The van der Waals surface area contributed by atoms with Gasteiger partial charge in [-0.3, -0.25) is 4.79 Å². The molecule has 0 amide bonds. The Morgan fingerprint density at radius 1 is 1.30 bits per heavy atom. The topological polar surface area (TPSA) is 38.3 Å². The summed E-state index contributed by atoms with van der Waals surface area (Å²) in [5.74, 6) is -0.0499. The predicted molar refractivity (Wildman–Crippen MR) is 80.7 cm³/mol. The number of carbonyl (C=O) groups excluding carboxylic acids is 1. The zero-order valence-corrected chi connectivity index (χ0v) is 12.5. The van der Waals surface area contributed by atoms with Gasteiger partial charge in [0, 0.05) is 0 Å². The standard InChI is InChI=1S/C17H25NO2/c1-3-7-14(2)20-16(19)17(10-12-18-13-11-17)15-8-5-4-6-9-15/h4-6,8-9,14,18H,3,7,10-13H2,1-2H3. The number of piperidine rings is 1. The molecule has 2 rings (SSSR count). The van der Waals surface area contributed by atoms with Crippen molar-refractivity contribution in [3.05, 3.63) is 35.9 Å². The van der Waals surface area contributed by atoms with Crippen LogP contribution in [0.15, 0.2) is 30.3 Å². The molecule has 20 heavy (non-hydrogen) atoms. The molecule has 1 fully saturated rings. The van der Waals surface area contributed by atoms with Crippen molar-refractivity contribution in [3.63, 3.8) is 0 Å². The minimum Gasteiger partial charge on any atom is -0.462 e. The maximum absolute atomic E-state index is 12.8. The van der Waals surface area contributed by atoms with Gasteiger partial charge in [-0.15, -0.1) is 0 Å². The molecule has 110 valence electrons. The van der Waals surface area contributed by atoms with Gasteiger partial charge >= 0.3 is 5.97 Å². The molecule has 3 nitrogen and oxygen atoms in total. The van der Waals surface area contributed by atoms with Crippen molar-refractivity contribution >= 4 is 5.97 Å². The van der Waals surface area contributed by atoms with Gasteiger partial charge in [-0.1, -0.05) is 43.7 Å². The maximum Gasteiger partial charge on any atom is 0.316 e. The zero-order valence-electron chi connectivity index (χ0n) is 12.5. The Balaban J connectivity index is 2.21. The van der Waals surface area contributed by atoms with Gasteiger partial charge in [-0.25, -0.2) is 0 Å². The molecule has 1 aliphatic heterocycles. The number of nitrogens with one attached hydrogen (secondary N) is 1. The Morgan fingerprint density at radius 2 is 1.95 bits per heavy atom. The van der Waals surface area contributed by atoms with E-state index in [1.165, 1.54) is 0 Å². The molecule has 1 unspecified atom stereocenters. The first-order valence-corrected chi connectivity index (χ1v) is 7.66. The highest BCUT2D eigenvalue weighted by molar-refractivity contribution is 5.83. The van der Waals surface area contributed by atoms with Crippen LogP contribution in [0.5, 0.6) is 0 Å². The fourth-order valence-electron chi connectivity index (χ4n) is 2.98. The fourth-order valence-corrected chi connectivity index (χ4v) is 2.98. The molecular weight excluding hydrogens is 250 g/mol. The van der Waals surface area contributed by atoms with Crippen molar-refractivity contribution < 1.29 is 9.53 Å². The summed E-state index contributed by atoms with van der Waals surface area (Å²) >= 11 is 0. The molecule has 0 saturated carbocycles. The number of rotatable bonds is 5. The molecule has 1 aliphatic rings. The van der Waals surface area contributed by atoms with Crippen LogP contribution in [0.25, 0.3) is 0 Å². The van der Waals surface area contributed by atoms with Crippen LogP contribution in [-0.4, -0.2) is 25.2 Å². The molecule has 3 heteroatoms. The van der Waals surface area contributed by atoms with Gasteiger partial charge in [0.25, 0.3) is 0 Å². The van der Waals surface area contributed by atoms with Crippen LogP contribution in [-0.2, 0) is 14.9 Å². The van der Waals surface area contributed by atoms with Crippen molar-refractivity contribution in [2.45, 2.75) is 51.0 Å². The van der Waals surface area contributed by atoms with Gasteiger partial charge in [0.2, 0.25) is 0 Å². The lowest BCUT2D eigenvalue weighted by Crippen LogP contribution is -2.47. The summed E-state index contributed by atoms with van der Waals surface area (Å²) in [6.45, 7) is 5.83. The molecule has 0 radical (unpaired) electrons. The smallest absolute Gasteiger partial charge is 0.316 e. The van der Waals surface area contributed by atoms with Crippen LogP contribution < -0.4 is 5.32 Å². The third-order valence-electron chi connectivity index (χ3n) is 4.18. The Kier molecular flexibility index (Phi) is 5.18. The molecular formula is C17H25NO2. The minimum absolute atomic E-state index is 0.00275. The summed E-state index contributed by atoms with van der Waals surface area (Å²) in [5.41, 5.74) is 0.629. The van der Waals surface area contributed by atoms with E-state index < -0.39 is 5.41 Å². The first-order valence-electron chi connectivity index (χ1n) is 7.66. The van der Waals surface area contributed by atoms with E-state index in [1.807, 2.05) is 25.1 Å². The monoisotopic (exact) mass is 275 g/mol. The molecule has 0 aromatic heterocycles. The van der Waals surface area contributed by atoms with Crippen molar-refractivity contribution in [2.75, 3.05) is 13.1 Å². The quantitative estimate of drug-likeness (QED) is 0.839. The number of carbonyl (C=O) groups is 1. The van der Waals surface area contributed by atoms with E-state index in [9.17, 15) is 4.79 Å². The highest BCUT2D eigenvalue weighted by Gasteiger charge is 2.43. The first-order chi connectivity index (χ1) is 9.69. The molecule has 1 aromatic rings. The summed E-state index contributed by atoms with van der Waals surface area (Å²) in [6.07, 6.45) is 3.59. The van der Waals surface area contributed by atoms with Crippen LogP contribution in [0.4, 0.5) is 0 Å². The molecule has 1 saturated heterocycles. The highest BCUT2D eigenvalue weighted by Crippen LogP contribution is 2.35. The van der Waals surface area contributed by atoms with Crippen LogP contribution >= 0.6 is 0 Å². The van der Waals surface area contributed by atoms with E-state index in [2.05, 4.69) is 24.4 Å². The van der Waals surface area contributed by atoms with Crippen molar-refractivity contribution in [1.82, 2.24) is 5.32 Å². The Labute approximate surface area is 121 Å². The number of benzene rings is 1. The summed E-state index contributed by atoms with van der Waals surface area (Å²) in [4.78, 5) is 12.8. The third-order valence-corrected chi connectivity index (χ3v) is 4.18. The zero-order chi connectivity index (χ0) is 14.4. The van der Waals surface area contributed by atoms with Gasteiger partial charge in [0.15, 0.2) is 0 Å². The van der Waals surface area contributed by atoms with E-state index in [1.54, 1.807) is 0 Å². The van der Waals surface area contributed by atoms with E-state index in [0.29, 0.717) is 0 Å². The van der Waals surface area contributed by atoms with Crippen molar-refractivity contribution in [3.8, 4) is 0 Å². The second-order valence-electron chi connectivity index (χ2n) is 5.70. The van der Waals surface area contributed by atoms with Gasteiger partial charge in [-0.05, 0) is 44.8 Å². The normalized spacial score (nSPS) is 19.3. The highest BCUT2D eigenvalue weighted by atomic mass is 16.5. The average molecular weight is 275 g/mol. The first kappa shape index (κ1) is 15.0. The lowest BCUT2D eigenvalue weighted by molar-refractivity contribution is -0.157. The van der Waals surface area contributed by atoms with Crippen molar-refractivity contribution in [1.29, 1.82) is 0 Å². The van der Waals surface area contributed by atoms with E-state index >= 15 is 0 Å². The van der Waals surface area contributed by atoms with Crippen molar-refractivity contribution in [2.24, 2.45) is 0 Å². The largest absolute Gasteiger partial charge is 0.462 e. The average Bonchev–Trinajstić information content (AvgIpc) is 2.49. The number of hydrogen-bond donors (Lipinski definition) is 1. The third kappa shape index (κ3) is 3.21. The number of hydrogen-bond acceptors (Lipinski definition) is 3.